The van der Waals surface area contributed by atoms with Crippen molar-refractivity contribution in [3.63, 3.8) is 0 Å². The molecular formula is C15H16N2O. The summed E-state index contributed by atoms with van der Waals surface area (Å²) in [5, 5.41) is 2.15. The Morgan fingerprint density at radius 2 is 2.00 bits per heavy atom. The lowest BCUT2D eigenvalue weighted by atomic mass is 10.0. The van der Waals surface area contributed by atoms with Gasteiger partial charge in [0.15, 0.2) is 0 Å². The molecule has 1 aromatic heterocycles. The molecule has 0 saturated carbocycles. The fraction of sp³-hybridized carbons (Fsp3) is 0.333. The van der Waals surface area contributed by atoms with Crippen LogP contribution in [0.2, 0.25) is 0 Å². The summed E-state index contributed by atoms with van der Waals surface area (Å²) in [6.45, 7) is 1.86. The van der Waals surface area contributed by atoms with Crippen LogP contribution in [0.3, 0.4) is 0 Å². The molecule has 0 aliphatic carbocycles. The highest BCUT2D eigenvalue weighted by molar-refractivity contribution is 5.18. The predicted octanol–water partition coefficient (Wildman–Crippen LogP) is 2.75. The van der Waals surface area contributed by atoms with Gasteiger partial charge in [0.2, 0.25) is 0 Å². The van der Waals surface area contributed by atoms with Crippen molar-refractivity contribution in [3.05, 3.63) is 59.9 Å². The standard InChI is InChI=1S/C15H16N2O/c1-2-5-12(6-3-1)10-17-15-9-13(18-17)11-16-8-4-7-14(15)16/h1-8,13,15H,9-11H2/t13-,15+/m1/s1. The zero-order valence-electron chi connectivity index (χ0n) is 10.2. The van der Waals surface area contributed by atoms with Crippen LogP contribution < -0.4 is 0 Å². The lowest BCUT2D eigenvalue weighted by molar-refractivity contribution is -0.167. The van der Waals surface area contributed by atoms with Gasteiger partial charge in [-0.05, 0) is 17.7 Å². The van der Waals surface area contributed by atoms with E-state index in [2.05, 4.69) is 58.3 Å². The summed E-state index contributed by atoms with van der Waals surface area (Å²) in [6, 6.07) is 15.3. The normalized spacial score (nSPS) is 26.2. The molecule has 92 valence electrons. The summed E-state index contributed by atoms with van der Waals surface area (Å²) >= 11 is 0. The Balaban J connectivity index is 1.61. The largest absolute Gasteiger partial charge is 0.347 e. The number of rotatable bonds is 2. The van der Waals surface area contributed by atoms with E-state index in [0.717, 1.165) is 19.5 Å². The molecule has 2 atom stereocenters. The highest BCUT2D eigenvalue weighted by Gasteiger charge is 2.39. The lowest BCUT2D eigenvalue weighted by Crippen LogP contribution is -2.22. The number of nitrogens with zero attached hydrogens (tertiary/aromatic N) is 2. The summed E-state index contributed by atoms with van der Waals surface area (Å²) in [5.74, 6) is 0. The van der Waals surface area contributed by atoms with Crippen LogP contribution in [0.15, 0.2) is 48.7 Å². The number of aromatic nitrogens is 1. The molecule has 4 rings (SSSR count). The Labute approximate surface area is 107 Å². The number of fused-ring (bicyclic) bond motifs is 4. The Kier molecular flexibility index (Phi) is 2.28. The molecule has 3 nitrogen and oxygen atoms in total. The van der Waals surface area contributed by atoms with Gasteiger partial charge in [0.05, 0.1) is 18.7 Å². The molecule has 18 heavy (non-hydrogen) atoms. The molecule has 2 bridgehead atoms. The Morgan fingerprint density at radius 1 is 1.11 bits per heavy atom. The molecule has 2 aliphatic rings. The van der Waals surface area contributed by atoms with Gasteiger partial charge in [-0.25, -0.2) is 0 Å². The zero-order valence-corrected chi connectivity index (χ0v) is 10.2. The van der Waals surface area contributed by atoms with Crippen molar-refractivity contribution in [3.8, 4) is 0 Å². The fourth-order valence-corrected chi connectivity index (χ4v) is 3.08. The smallest absolute Gasteiger partial charge is 0.0991 e. The van der Waals surface area contributed by atoms with Crippen molar-refractivity contribution in [2.75, 3.05) is 0 Å². The minimum atomic E-state index is 0.346. The van der Waals surface area contributed by atoms with Gasteiger partial charge in [0.25, 0.3) is 0 Å². The van der Waals surface area contributed by atoms with Gasteiger partial charge in [0, 0.05) is 24.9 Å². The molecular weight excluding hydrogens is 224 g/mol. The van der Waals surface area contributed by atoms with E-state index in [1.54, 1.807) is 0 Å². The van der Waals surface area contributed by atoms with Crippen molar-refractivity contribution in [2.24, 2.45) is 0 Å². The van der Waals surface area contributed by atoms with Crippen LogP contribution in [0.5, 0.6) is 0 Å². The third-order valence-electron chi connectivity index (χ3n) is 3.91. The first-order chi connectivity index (χ1) is 8.90. The highest BCUT2D eigenvalue weighted by Crippen LogP contribution is 2.39. The van der Waals surface area contributed by atoms with Gasteiger partial charge in [-0.2, -0.15) is 5.06 Å². The van der Waals surface area contributed by atoms with Crippen LogP contribution in [-0.4, -0.2) is 15.7 Å². The van der Waals surface area contributed by atoms with Gasteiger partial charge in [0.1, 0.15) is 0 Å². The van der Waals surface area contributed by atoms with Crippen LogP contribution in [0.25, 0.3) is 0 Å². The second-order valence-electron chi connectivity index (χ2n) is 5.13. The molecule has 0 unspecified atom stereocenters. The Hall–Kier alpha value is -1.58. The van der Waals surface area contributed by atoms with E-state index in [1.807, 2.05) is 0 Å². The summed E-state index contributed by atoms with van der Waals surface area (Å²) < 4.78 is 2.32. The zero-order chi connectivity index (χ0) is 11.9. The fourth-order valence-electron chi connectivity index (χ4n) is 3.08. The lowest BCUT2D eigenvalue weighted by Gasteiger charge is -2.23. The first-order valence-corrected chi connectivity index (χ1v) is 6.52. The minimum absolute atomic E-state index is 0.346. The second kappa shape index (κ2) is 3.97. The summed E-state index contributed by atoms with van der Waals surface area (Å²) in [6.07, 6.45) is 3.62. The highest BCUT2D eigenvalue weighted by atomic mass is 16.7. The number of benzene rings is 1. The average molecular weight is 240 g/mol. The molecule has 2 aromatic rings. The Morgan fingerprint density at radius 3 is 2.89 bits per heavy atom. The van der Waals surface area contributed by atoms with Crippen molar-refractivity contribution >= 4 is 0 Å². The molecule has 0 radical (unpaired) electrons. The van der Waals surface area contributed by atoms with Crippen LogP contribution >= 0.6 is 0 Å². The third-order valence-corrected chi connectivity index (χ3v) is 3.91. The first kappa shape index (κ1) is 10.4. The van der Waals surface area contributed by atoms with E-state index in [9.17, 15) is 0 Å². The van der Waals surface area contributed by atoms with E-state index in [-0.39, 0.29) is 0 Å². The maximum absolute atomic E-state index is 6.04. The molecule has 1 saturated heterocycles. The van der Waals surface area contributed by atoms with Crippen LogP contribution in [0.4, 0.5) is 0 Å². The second-order valence-corrected chi connectivity index (χ2v) is 5.13. The van der Waals surface area contributed by atoms with Gasteiger partial charge in [-0.15, -0.1) is 0 Å². The predicted molar refractivity (Wildman–Crippen MR) is 68.6 cm³/mol. The van der Waals surface area contributed by atoms with E-state index in [0.29, 0.717) is 12.1 Å². The topological polar surface area (TPSA) is 17.4 Å². The van der Waals surface area contributed by atoms with Crippen molar-refractivity contribution in [2.45, 2.75) is 31.7 Å². The van der Waals surface area contributed by atoms with Crippen molar-refractivity contribution < 1.29 is 4.84 Å². The molecule has 1 aromatic carbocycles. The van der Waals surface area contributed by atoms with Gasteiger partial charge in [-0.1, -0.05) is 30.3 Å². The first-order valence-electron chi connectivity index (χ1n) is 6.52. The number of hydrogen-bond donors (Lipinski definition) is 0. The quantitative estimate of drug-likeness (QED) is 0.803. The van der Waals surface area contributed by atoms with E-state index in [1.165, 1.54) is 11.3 Å². The van der Waals surface area contributed by atoms with Crippen molar-refractivity contribution in [1.82, 2.24) is 9.63 Å². The maximum Gasteiger partial charge on any atom is 0.0991 e. The molecule has 3 heteroatoms. The molecule has 0 N–H and O–H groups in total. The molecule has 2 aliphatic heterocycles. The van der Waals surface area contributed by atoms with Crippen LogP contribution in [0.1, 0.15) is 23.7 Å². The molecule has 3 heterocycles. The van der Waals surface area contributed by atoms with Gasteiger partial charge < -0.3 is 4.57 Å². The number of hydroxylamine groups is 2. The monoisotopic (exact) mass is 240 g/mol. The van der Waals surface area contributed by atoms with Crippen molar-refractivity contribution in [1.29, 1.82) is 0 Å². The summed E-state index contributed by atoms with van der Waals surface area (Å²) in [5.41, 5.74) is 2.70. The van der Waals surface area contributed by atoms with Crippen LogP contribution in [0, 0.1) is 0 Å². The van der Waals surface area contributed by atoms with Crippen LogP contribution in [-0.2, 0) is 17.9 Å². The van der Waals surface area contributed by atoms with E-state index in [4.69, 9.17) is 4.84 Å². The van der Waals surface area contributed by atoms with E-state index >= 15 is 0 Å². The number of hydrogen-bond acceptors (Lipinski definition) is 2. The molecule has 0 amide bonds. The summed E-state index contributed by atoms with van der Waals surface area (Å²) in [4.78, 5) is 6.04. The third kappa shape index (κ3) is 1.59. The average Bonchev–Trinajstić information content (AvgIpc) is 2.98. The Bertz CT molecular complexity index is 549. The summed E-state index contributed by atoms with van der Waals surface area (Å²) in [7, 11) is 0. The molecule has 0 spiro atoms. The van der Waals surface area contributed by atoms with Gasteiger partial charge >= 0.3 is 0 Å². The SMILES string of the molecule is c1ccc(CN2O[C@@H]3C[C@H]2c2cccn2C3)cc1. The maximum atomic E-state index is 6.04. The molecule has 1 fully saturated rings. The van der Waals surface area contributed by atoms with E-state index < -0.39 is 0 Å². The minimum Gasteiger partial charge on any atom is -0.347 e. The van der Waals surface area contributed by atoms with Gasteiger partial charge in [-0.3, -0.25) is 4.84 Å².